The lowest BCUT2D eigenvalue weighted by Gasteiger charge is -2.42. The second-order valence-corrected chi connectivity index (χ2v) is 43.8. The molecule has 4 amide bonds. The molecule has 17 rings (SSSR count). The van der Waals surface area contributed by atoms with Crippen molar-refractivity contribution in [3.63, 3.8) is 0 Å². The minimum absolute atomic E-state index is 0.0651. The van der Waals surface area contributed by atoms with Crippen molar-refractivity contribution in [1.82, 2.24) is 19.6 Å². The van der Waals surface area contributed by atoms with Gasteiger partial charge in [0, 0.05) is 88.1 Å². The normalized spacial score (nSPS) is 22.2. The Morgan fingerprint density at radius 1 is 0.357 bits per heavy atom. The molecular formula is C118H160N16O6. The molecule has 7 aliphatic carbocycles. The number of carbonyl (C=O) groups is 4. The molecule has 0 spiro atoms. The number of benzene rings is 8. The number of fused-ring (bicyclic) bond motifs is 11. The Morgan fingerprint density at radius 3 is 1.15 bits per heavy atom. The fourth-order valence-electron chi connectivity index (χ4n) is 23.7. The van der Waals surface area contributed by atoms with Crippen molar-refractivity contribution < 1.29 is 28.7 Å². The molecule has 22 heteroatoms. The van der Waals surface area contributed by atoms with E-state index in [0.29, 0.717) is 102 Å². The summed E-state index contributed by atoms with van der Waals surface area (Å²) in [5.41, 5.74) is 57.0. The third-order valence-electron chi connectivity index (χ3n) is 32.0. The molecule has 0 bridgehead atoms. The quantitative estimate of drug-likeness (QED) is 0.00841. The Kier molecular flexibility index (Phi) is 34.9. The highest BCUT2D eigenvalue weighted by Crippen LogP contribution is 2.55. The van der Waals surface area contributed by atoms with Crippen LogP contribution in [0.5, 0.6) is 0 Å². The van der Waals surface area contributed by atoms with Crippen LogP contribution >= 0.6 is 0 Å². The number of hydrogen-bond acceptors (Lipinski definition) is 10. The molecule has 2 aliphatic heterocycles. The molecule has 22 nitrogen and oxygen atoms in total. The van der Waals surface area contributed by atoms with Crippen LogP contribution in [0, 0.1) is 43.4 Å². The summed E-state index contributed by atoms with van der Waals surface area (Å²) in [5.74, 6) is 3.14. The standard InChI is InChI=1S/C32H42N4O.2C29H36N4O2.C28H46N4O/c1-22-19-27-28(32(4,5)16-15-31(27,2)3)20-24(22)21-36(18-9-8-17-35-30(33)34)29(37)26-14-10-12-23-11-6-7-13-25(23)26;30-28(31)32-18-7-8-19-33(27(34)23-14-9-11-21-10-1-2-12-22(21)23)20-29-17-6-5-15-25(29)24-13-3-4-16-26(24)35-29;30-28(31)32-17-7-8-18-33(27(34)23-15-14-21-9-1-2-10-22(21)19-23)20-29-16-6-5-12-25(29)24-11-3-4-13-26(24)35-29;1-20-17-23-24(28(4,5)14-13-27(23,2)3)18-22(20)19-32(16-10-9-15-31-26(29)30)25(33)21-11-7-6-8-12-21/h6-7,10-14,19-20H,8-9,15-18,21H2,1-5H3,(H4,33,34,35);1-6,9-12,14,24-26H,7-8,13,15-20H2,(H4,30,31,32);1-6,9-10,14-15,19,24-26H,7-8,11-13,16-18,20H2,(H4,30,31,32);17-18,21H,6-16,19H2,1-5H3,(H4,29,30,31). The summed E-state index contributed by atoms with van der Waals surface area (Å²) >= 11 is 0. The number of amides is 4. The van der Waals surface area contributed by atoms with Crippen molar-refractivity contribution in [2.24, 2.45) is 95.4 Å². The van der Waals surface area contributed by atoms with E-state index >= 15 is 0 Å². The largest absolute Gasteiger partial charge is 0.370 e. The van der Waals surface area contributed by atoms with Gasteiger partial charge in [-0.25, -0.2) is 0 Å². The second kappa shape index (κ2) is 46.9. The molecule has 748 valence electrons. The Labute approximate surface area is 833 Å². The van der Waals surface area contributed by atoms with Crippen LogP contribution in [-0.2, 0) is 49.0 Å². The number of guanidine groups is 4. The van der Waals surface area contributed by atoms with E-state index in [1.807, 2.05) is 106 Å². The molecule has 1 saturated carbocycles. The molecule has 16 N–H and O–H groups in total. The van der Waals surface area contributed by atoms with Gasteiger partial charge < -0.3 is 74.9 Å². The molecule has 8 aromatic rings. The summed E-state index contributed by atoms with van der Waals surface area (Å²) in [5, 5.41) is 6.36. The van der Waals surface area contributed by atoms with Crippen LogP contribution in [0.15, 0.2) is 220 Å². The van der Waals surface area contributed by atoms with Gasteiger partial charge in [0.2, 0.25) is 5.91 Å². The number of rotatable bonds is 32. The number of aliphatic imine (C=N–C) groups is 4. The zero-order valence-corrected chi connectivity index (χ0v) is 85.4. The van der Waals surface area contributed by atoms with E-state index in [9.17, 15) is 19.2 Å². The van der Waals surface area contributed by atoms with Crippen LogP contribution in [-0.4, -0.2) is 156 Å². The third kappa shape index (κ3) is 25.6. The van der Waals surface area contributed by atoms with Crippen LogP contribution in [0.25, 0.3) is 32.3 Å². The van der Waals surface area contributed by atoms with Crippen molar-refractivity contribution >= 4 is 79.8 Å². The number of hydrogen-bond donors (Lipinski definition) is 8. The third-order valence-corrected chi connectivity index (χ3v) is 32.0. The van der Waals surface area contributed by atoms with E-state index in [-0.39, 0.29) is 92.5 Å². The highest BCUT2D eigenvalue weighted by atomic mass is 16.5. The van der Waals surface area contributed by atoms with Gasteiger partial charge in [0.25, 0.3) is 17.7 Å². The van der Waals surface area contributed by atoms with Gasteiger partial charge in [-0.3, -0.25) is 39.1 Å². The van der Waals surface area contributed by atoms with E-state index in [0.717, 1.165) is 171 Å². The monoisotopic (exact) mass is 1900 g/mol. The number of unbranched alkanes of at least 4 members (excludes halogenated alkanes) is 4. The first-order chi connectivity index (χ1) is 67.1. The Bertz CT molecular complexity index is 5880. The fourth-order valence-corrected chi connectivity index (χ4v) is 23.7. The van der Waals surface area contributed by atoms with Crippen LogP contribution in [0.1, 0.15) is 291 Å². The maximum atomic E-state index is 14.1. The van der Waals surface area contributed by atoms with Crippen molar-refractivity contribution in [2.45, 2.75) is 288 Å². The van der Waals surface area contributed by atoms with Gasteiger partial charge in [-0.15, -0.1) is 0 Å². The van der Waals surface area contributed by atoms with Crippen LogP contribution in [0.4, 0.5) is 0 Å². The topological polar surface area (TPSA) is 357 Å². The Balaban J connectivity index is 0.000000149. The molecule has 3 fully saturated rings. The number of aryl methyl sites for hydroxylation is 2. The molecule has 8 aromatic carbocycles. The molecule has 0 aromatic heterocycles. The minimum Gasteiger partial charge on any atom is -0.370 e. The number of ether oxygens (including phenoxy) is 2. The van der Waals surface area contributed by atoms with Crippen LogP contribution in [0.2, 0.25) is 0 Å². The maximum absolute atomic E-state index is 14.1. The van der Waals surface area contributed by atoms with Gasteiger partial charge in [-0.1, -0.05) is 251 Å². The average Bonchev–Trinajstić information content (AvgIpc) is 1.65. The van der Waals surface area contributed by atoms with Crippen LogP contribution < -0.4 is 45.9 Å². The van der Waals surface area contributed by atoms with E-state index in [2.05, 4.69) is 203 Å². The van der Waals surface area contributed by atoms with Crippen LogP contribution in [0.3, 0.4) is 0 Å². The molecule has 0 radical (unpaired) electrons. The number of allylic oxidation sites excluding steroid dienone is 4. The zero-order chi connectivity index (χ0) is 99.5. The highest BCUT2D eigenvalue weighted by Gasteiger charge is 2.57. The Hall–Kier alpha value is -11.6. The van der Waals surface area contributed by atoms with E-state index in [4.69, 9.17) is 55.3 Å². The summed E-state index contributed by atoms with van der Waals surface area (Å²) in [6, 6.07) is 51.9. The fraction of sp³-hybridized carbons (Fsp3) is 0.508. The lowest BCUT2D eigenvalue weighted by molar-refractivity contribution is -0.137. The van der Waals surface area contributed by atoms with Crippen molar-refractivity contribution in [1.29, 1.82) is 0 Å². The number of carbonyl (C=O) groups excluding carboxylic acids is 4. The average molecular weight is 1900 g/mol. The number of nitrogens with zero attached hydrogens (tertiary/aromatic N) is 8. The zero-order valence-electron chi connectivity index (χ0n) is 85.4. The lowest BCUT2D eigenvalue weighted by atomic mass is 9.62. The summed E-state index contributed by atoms with van der Waals surface area (Å²) in [7, 11) is 0. The molecule has 8 atom stereocenters. The molecule has 2 heterocycles. The summed E-state index contributed by atoms with van der Waals surface area (Å²) < 4.78 is 13.7. The summed E-state index contributed by atoms with van der Waals surface area (Å²) in [4.78, 5) is 80.2. The molecule has 2 saturated heterocycles. The lowest BCUT2D eigenvalue weighted by Crippen LogP contribution is -2.50. The summed E-state index contributed by atoms with van der Waals surface area (Å²) in [6.45, 7) is 30.9. The predicted molar refractivity (Wildman–Crippen MR) is 576 cm³/mol. The van der Waals surface area contributed by atoms with Gasteiger partial charge >= 0.3 is 0 Å². The van der Waals surface area contributed by atoms with Crippen molar-refractivity contribution in [3.8, 4) is 0 Å². The van der Waals surface area contributed by atoms with Gasteiger partial charge in [0.05, 0.1) is 36.5 Å². The molecule has 8 unspecified atom stereocenters. The first kappa shape index (κ1) is 104. The van der Waals surface area contributed by atoms with E-state index in [1.54, 1.807) is 0 Å². The van der Waals surface area contributed by atoms with Gasteiger partial charge in [-0.2, -0.15) is 0 Å². The molecular weight excluding hydrogens is 1740 g/mol. The van der Waals surface area contributed by atoms with E-state index in [1.165, 1.54) is 89.5 Å². The van der Waals surface area contributed by atoms with Gasteiger partial charge in [0.15, 0.2) is 23.8 Å². The number of nitrogens with two attached hydrogens (primary N) is 8. The first-order valence-corrected chi connectivity index (χ1v) is 52.2. The highest BCUT2D eigenvalue weighted by molar-refractivity contribution is 6.08. The van der Waals surface area contributed by atoms with Crippen molar-refractivity contribution in [2.75, 3.05) is 65.4 Å². The first-order valence-electron chi connectivity index (χ1n) is 52.2. The maximum Gasteiger partial charge on any atom is 0.254 e. The molecule has 9 aliphatic rings. The van der Waals surface area contributed by atoms with Gasteiger partial charge in [-0.05, 0) is 302 Å². The SMILES string of the molecule is Cc1cc2c(cc1CN(CCCCN=C(N)N)C(=O)C1CCCCC1)C(C)(C)CCC2(C)C.Cc1cc2c(cc1CN(CCCCN=C(N)N)C(=O)c1cccc3ccccc13)C(C)(C)CCC2(C)C.NC(N)=NCCCCN(CC12CC=CCC1C1CC=CCC1O2)C(=O)c1ccc2ccccc2c1.NC(N)=NCCCCN(CC12CC=CCC1C1CC=CCC1O2)C(=O)c1cccc2ccccc12. The predicted octanol–water partition coefficient (Wildman–Crippen LogP) is 20.3. The van der Waals surface area contributed by atoms with E-state index < -0.39 is 0 Å². The van der Waals surface area contributed by atoms with Gasteiger partial charge in [0.1, 0.15) is 0 Å². The second-order valence-electron chi connectivity index (χ2n) is 43.8. The van der Waals surface area contributed by atoms with Crippen molar-refractivity contribution in [3.05, 3.63) is 261 Å². The smallest absolute Gasteiger partial charge is 0.254 e. The Morgan fingerprint density at radius 2 is 0.714 bits per heavy atom. The molecule has 140 heavy (non-hydrogen) atoms. The minimum atomic E-state index is -0.323. The summed E-state index contributed by atoms with van der Waals surface area (Å²) in [6.07, 6.45) is 43.8.